The maximum Gasteiger partial charge on any atom is 0.258 e. The summed E-state index contributed by atoms with van der Waals surface area (Å²) in [5, 5.41) is 0. The van der Waals surface area contributed by atoms with E-state index in [9.17, 15) is 13.2 Å². The Hall–Kier alpha value is -2.38. The molecule has 2 aromatic rings. The third-order valence-electron chi connectivity index (χ3n) is 4.87. The Morgan fingerprint density at radius 1 is 1.11 bits per heavy atom. The largest absolute Gasteiger partial charge is 0.497 e. The number of benzene rings is 2. The van der Waals surface area contributed by atoms with Gasteiger partial charge in [0.2, 0.25) is 10.0 Å². The Balaban J connectivity index is 1.89. The second-order valence-corrected chi connectivity index (χ2v) is 8.25. The van der Waals surface area contributed by atoms with E-state index in [2.05, 4.69) is 0 Å². The van der Waals surface area contributed by atoms with Crippen LogP contribution in [-0.4, -0.2) is 45.4 Å². The van der Waals surface area contributed by atoms with Gasteiger partial charge in [-0.15, -0.1) is 0 Å². The molecule has 0 N–H and O–H groups in total. The molecule has 0 bridgehead atoms. The van der Waals surface area contributed by atoms with E-state index in [4.69, 9.17) is 4.74 Å². The number of hydrogen-bond acceptors (Lipinski definition) is 4. The molecule has 1 aliphatic heterocycles. The van der Waals surface area contributed by atoms with E-state index >= 15 is 0 Å². The molecule has 27 heavy (non-hydrogen) atoms. The smallest absolute Gasteiger partial charge is 0.258 e. The van der Waals surface area contributed by atoms with Gasteiger partial charge >= 0.3 is 0 Å². The second-order valence-electron chi connectivity index (χ2n) is 6.32. The van der Waals surface area contributed by atoms with Crippen molar-refractivity contribution in [2.45, 2.75) is 25.2 Å². The Labute approximate surface area is 160 Å². The fourth-order valence-corrected chi connectivity index (χ4v) is 4.86. The van der Waals surface area contributed by atoms with Gasteiger partial charge in [0.25, 0.3) is 5.91 Å². The van der Waals surface area contributed by atoms with E-state index in [1.807, 2.05) is 13.8 Å². The van der Waals surface area contributed by atoms with Crippen LogP contribution in [0.5, 0.6) is 5.75 Å². The molecule has 0 radical (unpaired) electrons. The Morgan fingerprint density at radius 3 is 2.37 bits per heavy atom. The van der Waals surface area contributed by atoms with Crippen LogP contribution in [-0.2, 0) is 16.4 Å². The number of carbonyl (C=O) groups is 1. The number of nitrogens with zero attached hydrogens (tertiary/aromatic N) is 2. The summed E-state index contributed by atoms with van der Waals surface area (Å²) in [6, 6.07) is 12.0. The van der Waals surface area contributed by atoms with Crippen molar-refractivity contribution in [1.29, 1.82) is 0 Å². The molecule has 144 valence electrons. The summed E-state index contributed by atoms with van der Waals surface area (Å²) in [4.78, 5) is 14.8. The minimum absolute atomic E-state index is 0.101. The Bertz CT molecular complexity index is 935. The molecule has 2 aromatic carbocycles. The van der Waals surface area contributed by atoms with Crippen LogP contribution in [0.1, 0.15) is 29.8 Å². The molecule has 0 fully saturated rings. The molecule has 0 aromatic heterocycles. The average molecular weight is 388 g/mol. The maximum atomic E-state index is 12.9. The molecule has 0 saturated heterocycles. The third-order valence-corrected chi connectivity index (χ3v) is 6.92. The first-order valence-electron chi connectivity index (χ1n) is 9.01. The van der Waals surface area contributed by atoms with Crippen LogP contribution in [0.15, 0.2) is 47.4 Å². The van der Waals surface area contributed by atoms with Crippen LogP contribution in [0.3, 0.4) is 0 Å². The van der Waals surface area contributed by atoms with Crippen molar-refractivity contribution in [2.75, 3.05) is 31.6 Å². The predicted octanol–water partition coefficient (Wildman–Crippen LogP) is 2.93. The van der Waals surface area contributed by atoms with Gasteiger partial charge in [0, 0.05) is 30.9 Å². The zero-order valence-corrected chi connectivity index (χ0v) is 16.6. The number of amides is 1. The van der Waals surface area contributed by atoms with Crippen LogP contribution in [0.4, 0.5) is 5.69 Å². The summed E-state index contributed by atoms with van der Waals surface area (Å²) >= 11 is 0. The fourth-order valence-electron chi connectivity index (χ4n) is 3.35. The molecule has 0 saturated carbocycles. The number of ether oxygens (including phenoxy) is 1. The van der Waals surface area contributed by atoms with Crippen molar-refractivity contribution in [2.24, 2.45) is 0 Å². The number of methoxy groups -OCH3 is 1. The first kappa shape index (κ1) is 19.4. The molecule has 7 heteroatoms. The summed E-state index contributed by atoms with van der Waals surface area (Å²) in [6.45, 7) is 5.04. The van der Waals surface area contributed by atoms with E-state index in [1.165, 1.54) is 4.31 Å². The summed E-state index contributed by atoms with van der Waals surface area (Å²) in [5.74, 6) is 0.593. The van der Waals surface area contributed by atoms with Crippen molar-refractivity contribution < 1.29 is 17.9 Å². The zero-order valence-electron chi connectivity index (χ0n) is 15.8. The molecule has 1 amide bonds. The number of anilines is 1. The molecule has 3 rings (SSSR count). The summed E-state index contributed by atoms with van der Waals surface area (Å²) in [6.07, 6.45) is 0.638. The Morgan fingerprint density at radius 2 is 1.78 bits per heavy atom. The van der Waals surface area contributed by atoms with Gasteiger partial charge in [0.1, 0.15) is 5.75 Å². The molecule has 0 unspecified atom stereocenters. The molecule has 0 spiro atoms. The minimum Gasteiger partial charge on any atom is -0.497 e. The van der Waals surface area contributed by atoms with Crippen molar-refractivity contribution >= 4 is 21.6 Å². The number of carbonyl (C=O) groups excluding carboxylic acids is 1. The SMILES string of the molecule is CCN(CC)S(=O)(=O)c1ccc2c(c1)CCN2C(=O)c1ccc(OC)cc1. The molecule has 1 heterocycles. The van der Waals surface area contributed by atoms with Gasteiger partial charge in [0.15, 0.2) is 0 Å². The van der Waals surface area contributed by atoms with Gasteiger partial charge in [-0.05, 0) is 54.4 Å². The molecule has 6 nitrogen and oxygen atoms in total. The van der Waals surface area contributed by atoms with Crippen LogP contribution in [0.25, 0.3) is 0 Å². The van der Waals surface area contributed by atoms with Gasteiger partial charge in [-0.3, -0.25) is 4.79 Å². The summed E-state index contributed by atoms with van der Waals surface area (Å²) < 4.78 is 32.0. The van der Waals surface area contributed by atoms with Crippen molar-refractivity contribution in [3.8, 4) is 5.75 Å². The fraction of sp³-hybridized carbons (Fsp3) is 0.350. The van der Waals surface area contributed by atoms with Crippen molar-refractivity contribution in [3.63, 3.8) is 0 Å². The highest BCUT2D eigenvalue weighted by Crippen LogP contribution is 2.32. The predicted molar refractivity (Wildman–Crippen MR) is 105 cm³/mol. The lowest BCUT2D eigenvalue weighted by molar-refractivity contribution is 0.0989. The van der Waals surface area contributed by atoms with Gasteiger partial charge < -0.3 is 9.64 Å². The highest BCUT2D eigenvalue weighted by molar-refractivity contribution is 7.89. The topological polar surface area (TPSA) is 66.9 Å². The number of rotatable bonds is 6. The van der Waals surface area contributed by atoms with E-state index in [0.717, 1.165) is 11.3 Å². The van der Waals surface area contributed by atoms with Gasteiger partial charge in [-0.1, -0.05) is 13.8 Å². The van der Waals surface area contributed by atoms with E-state index in [0.29, 0.717) is 37.4 Å². The average Bonchev–Trinajstić information content (AvgIpc) is 3.11. The van der Waals surface area contributed by atoms with Crippen molar-refractivity contribution in [1.82, 2.24) is 4.31 Å². The summed E-state index contributed by atoms with van der Waals surface area (Å²) in [5.41, 5.74) is 2.22. The Kier molecular flexibility index (Phi) is 5.53. The van der Waals surface area contributed by atoms with Crippen LogP contribution in [0.2, 0.25) is 0 Å². The minimum atomic E-state index is -3.50. The number of fused-ring (bicyclic) bond motifs is 1. The molecular formula is C20H24N2O4S. The van der Waals surface area contributed by atoms with Gasteiger partial charge in [-0.2, -0.15) is 4.31 Å². The quantitative estimate of drug-likeness (QED) is 0.763. The molecule has 0 atom stereocenters. The highest BCUT2D eigenvalue weighted by atomic mass is 32.2. The maximum absolute atomic E-state index is 12.9. The lowest BCUT2D eigenvalue weighted by Crippen LogP contribution is -2.30. The monoisotopic (exact) mass is 388 g/mol. The van der Waals surface area contributed by atoms with Crippen LogP contribution < -0.4 is 9.64 Å². The van der Waals surface area contributed by atoms with E-state index in [1.54, 1.807) is 54.5 Å². The standard InChI is InChI=1S/C20H24N2O4S/c1-4-21(5-2)27(24,25)18-10-11-19-16(14-18)12-13-22(19)20(23)15-6-8-17(26-3)9-7-15/h6-11,14H,4-5,12-13H2,1-3H3. The molecular weight excluding hydrogens is 364 g/mol. The first-order chi connectivity index (χ1) is 12.9. The van der Waals surface area contributed by atoms with Gasteiger partial charge in [0.05, 0.1) is 12.0 Å². The van der Waals surface area contributed by atoms with Crippen LogP contribution >= 0.6 is 0 Å². The number of hydrogen-bond donors (Lipinski definition) is 0. The van der Waals surface area contributed by atoms with Crippen LogP contribution in [0, 0.1) is 0 Å². The second kappa shape index (κ2) is 7.70. The van der Waals surface area contributed by atoms with Gasteiger partial charge in [-0.25, -0.2) is 8.42 Å². The summed E-state index contributed by atoms with van der Waals surface area (Å²) in [7, 11) is -1.92. The van der Waals surface area contributed by atoms with Crippen molar-refractivity contribution in [3.05, 3.63) is 53.6 Å². The normalized spacial score (nSPS) is 13.7. The molecule has 1 aliphatic rings. The van der Waals surface area contributed by atoms with E-state index < -0.39 is 10.0 Å². The van der Waals surface area contributed by atoms with E-state index in [-0.39, 0.29) is 10.8 Å². The molecule has 0 aliphatic carbocycles. The first-order valence-corrected chi connectivity index (χ1v) is 10.4. The lowest BCUT2D eigenvalue weighted by atomic mass is 10.1. The third kappa shape index (κ3) is 3.57. The number of sulfonamides is 1. The lowest BCUT2D eigenvalue weighted by Gasteiger charge is -2.20. The highest BCUT2D eigenvalue weighted by Gasteiger charge is 2.29. The zero-order chi connectivity index (χ0) is 19.6.